The van der Waals surface area contributed by atoms with Crippen LogP contribution in [0.5, 0.6) is 0 Å². The molecule has 0 amide bonds. The fourth-order valence-electron chi connectivity index (χ4n) is 2.13. The lowest BCUT2D eigenvalue weighted by Crippen LogP contribution is -2.21. The molecular weight excluding hydrogens is 279 g/mol. The summed E-state index contributed by atoms with van der Waals surface area (Å²) in [4.78, 5) is 0. The van der Waals surface area contributed by atoms with Gasteiger partial charge in [0.25, 0.3) is 0 Å². The number of halogens is 3. The smallest absolute Gasteiger partial charge is 0.194 e. The van der Waals surface area contributed by atoms with Crippen LogP contribution in [0.25, 0.3) is 0 Å². The highest BCUT2D eigenvalue weighted by atomic mass is 19.2. The molecule has 2 nitrogen and oxygen atoms in total. The van der Waals surface area contributed by atoms with Gasteiger partial charge in [0.1, 0.15) is 0 Å². The average molecular weight is 295 g/mol. The summed E-state index contributed by atoms with van der Waals surface area (Å²) in [6.07, 6.45) is -0.721. The molecule has 0 spiro atoms. The van der Waals surface area contributed by atoms with E-state index in [1.807, 2.05) is 31.2 Å². The Morgan fingerprint density at radius 2 is 1.71 bits per heavy atom. The van der Waals surface area contributed by atoms with Crippen molar-refractivity contribution in [1.82, 2.24) is 5.32 Å². The fraction of sp³-hybridized carbons (Fsp3) is 0.250. The number of rotatable bonds is 5. The van der Waals surface area contributed by atoms with Crippen LogP contribution in [0.1, 0.15) is 22.8 Å². The van der Waals surface area contributed by atoms with Crippen molar-refractivity contribution in [1.29, 1.82) is 0 Å². The highest BCUT2D eigenvalue weighted by molar-refractivity contribution is 5.27. The normalized spacial score (nSPS) is 12.4. The van der Waals surface area contributed by atoms with Gasteiger partial charge in [0.15, 0.2) is 17.5 Å². The lowest BCUT2D eigenvalue weighted by Gasteiger charge is -2.14. The number of benzene rings is 2. The maximum atomic E-state index is 13.1. The molecule has 2 N–H and O–H groups in total. The minimum Gasteiger partial charge on any atom is -0.387 e. The first-order chi connectivity index (χ1) is 9.99. The van der Waals surface area contributed by atoms with E-state index < -0.39 is 23.6 Å². The molecule has 0 radical (unpaired) electrons. The van der Waals surface area contributed by atoms with E-state index in [1.165, 1.54) is 0 Å². The van der Waals surface area contributed by atoms with Crippen LogP contribution in [-0.2, 0) is 6.54 Å². The van der Waals surface area contributed by atoms with Gasteiger partial charge in [-0.15, -0.1) is 0 Å². The number of aryl methyl sites for hydroxylation is 1. The molecule has 1 atom stereocenters. The Kier molecular flexibility index (Phi) is 4.98. The third-order valence-corrected chi connectivity index (χ3v) is 3.26. The van der Waals surface area contributed by atoms with Crippen LogP contribution >= 0.6 is 0 Å². The molecule has 0 saturated heterocycles. The third kappa shape index (κ3) is 3.83. The maximum absolute atomic E-state index is 13.1. The quantitative estimate of drug-likeness (QED) is 0.830. The molecule has 2 aromatic carbocycles. The van der Waals surface area contributed by atoms with Crippen molar-refractivity contribution in [2.45, 2.75) is 19.6 Å². The Hall–Kier alpha value is -1.85. The van der Waals surface area contributed by atoms with Crippen LogP contribution in [0.3, 0.4) is 0 Å². The van der Waals surface area contributed by atoms with Crippen LogP contribution in [0.15, 0.2) is 36.4 Å². The summed E-state index contributed by atoms with van der Waals surface area (Å²) < 4.78 is 38.9. The van der Waals surface area contributed by atoms with E-state index in [4.69, 9.17) is 0 Å². The zero-order valence-corrected chi connectivity index (χ0v) is 11.5. The molecule has 0 aromatic heterocycles. The van der Waals surface area contributed by atoms with Crippen molar-refractivity contribution < 1.29 is 18.3 Å². The number of hydrogen-bond acceptors (Lipinski definition) is 2. The van der Waals surface area contributed by atoms with Gasteiger partial charge in [-0.2, -0.15) is 0 Å². The molecule has 5 heteroatoms. The highest BCUT2D eigenvalue weighted by Crippen LogP contribution is 2.17. The van der Waals surface area contributed by atoms with Crippen LogP contribution in [-0.4, -0.2) is 11.7 Å². The van der Waals surface area contributed by atoms with Gasteiger partial charge in [-0.3, -0.25) is 0 Å². The fourth-order valence-corrected chi connectivity index (χ4v) is 2.13. The Bertz CT molecular complexity index is 608. The number of nitrogens with one attached hydrogen (secondary N) is 1. The molecule has 0 aliphatic rings. The molecule has 0 saturated carbocycles. The molecule has 21 heavy (non-hydrogen) atoms. The van der Waals surface area contributed by atoms with Crippen molar-refractivity contribution in [2.24, 2.45) is 0 Å². The second kappa shape index (κ2) is 6.74. The van der Waals surface area contributed by atoms with E-state index >= 15 is 0 Å². The second-order valence-electron chi connectivity index (χ2n) is 4.88. The first kappa shape index (κ1) is 15.5. The summed E-state index contributed by atoms with van der Waals surface area (Å²) >= 11 is 0. The lowest BCUT2D eigenvalue weighted by molar-refractivity contribution is 0.173. The van der Waals surface area contributed by atoms with Crippen LogP contribution < -0.4 is 5.32 Å². The standard InChI is InChI=1S/C16H16F3NO/c1-10-4-2-3-5-12(10)15(21)9-20-8-11-6-13(17)16(19)14(18)7-11/h2-7,15,20-21H,8-9H2,1H3. The van der Waals surface area contributed by atoms with Crippen molar-refractivity contribution in [3.63, 3.8) is 0 Å². The minimum atomic E-state index is -1.47. The number of hydrogen-bond donors (Lipinski definition) is 2. The lowest BCUT2D eigenvalue weighted by atomic mass is 10.0. The van der Waals surface area contributed by atoms with E-state index in [2.05, 4.69) is 5.32 Å². The summed E-state index contributed by atoms with van der Waals surface area (Å²) in [5.41, 5.74) is 2.04. The summed E-state index contributed by atoms with van der Waals surface area (Å²) in [6.45, 7) is 2.26. The van der Waals surface area contributed by atoms with Gasteiger partial charge in [0.05, 0.1) is 6.10 Å². The molecule has 2 aromatic rings. The SMILES string of the molecule is Cc1ccccc1C(O)CNCc1cc(F)c(F)c(F)c1. The van der Waals surface area contributed by atoms with Gasteiger partial charge in [-0.05, 0) is 35.7 Å². The zero-order chi connectivity index (χ0) is 15.4. The number of aliphatic hydroxyl groups excluding tert-OH is 1. The van der Waals surface area contributed by atoms with E-state index in [0.717, 1.165) is 23.3 Å². The topological polar surface area (TPSA) is 32.3 Å². The highest BCUT2D eigenvalue weighted by Gasteiger charge is 2.12. The van der Waals surface area contributed by atoms with Gasteiger partial charge in [0, 0.05) is 13.1 Å². The minimum absolute atomic E-state index is 0.136. The molecule has 0 aliphatic heterocycles. The van der Waals surface area contributed by atoms with Gasteiger partial charge in [0.2, 0.25) is 0 Å². The molecule has 0 bridgehead atoms. The van der Waals surface area contributed by atoms with Gasteiger partial charge < -0.3 is 10.4 Å². The van der Waals surface area contributed by atoms with Crippen molar-refractivity contribution in [3.05, 3.63) is 70.5 Å². The van der Waals surface area contributed by atoms with Gasteiger partial charge >= 0.3 is 0 Å². The van der Waals surface area contributed by atoms with Crippen LogP contribution in [0, 0.1) is 24.4 Å². The van der Waals surface area contributed by atoms with Crippen LogP contribution in [0.2, 0.25) is 0 Å². The maximum Gasteiger partial charge on any atom is 0.194 e. The van der Waals surface area contributed by atoms with E-state index in [1.54, 1.807) is 0 Å². The first-order valence-electron chi connectivity index (χ1n) is 6.56. The van der Waals surface area contributed by atoms with Crippen LogP contribution in [0.4, 0.5) is 13.2 Å². The van der Waals surface area contributed by atoms with E-state index in [9.17, 15) is 18.3 Å². The molecule has 0 aliphatic carbocycles. The summed E-state index contributed by atoms with van der Waals surface area (Å²) in [5.74, 6) is -3.91. The predicted octanol–water partition coefficient (Wildman–Crippen LogP) is 3.24. The molecule has 1 unspecified atom stereocenters. The predicted molar refractivity (Wildman–Crippen MR) is 74.2 cm³/mol. The van der Waals surface area contributed by atoms with E-state index in [-0.39, 0.29) is 18.7 Å². The molecule has 0 fully saturated rings. The number of aliphatic hydroxyl groups is 1. The zero-order valence-electron chi connectivity index (χ0n) is 11.5. The summed E-state index contributed by atoms with van der Waals surface area (Å²) in [7, 11) is 0. The van der Waals surface area contributed by atoms with E-state index in [0.29, 0.717) is 0 Å². The largest absolute Gasteiger partial charge is 0.387 e. The average Bonchev–Trinajstić information content (AvgIpc) is 2.45. The first-order valence-corrected chi connectivity index (χ1v) is 6.56. The van der Waals surface area contributed by atoms with Crippen molar-refractivity contribution in [3.8, 4) is 0 Å². The molecule has 112 valence electrons. The van der Waals surface area contributed by atoms with Gasteiger partial charge in [-0.25, -0.2) is 13.2 Å². The van der Waals surface area contributed by atoms with Crippen molar-refractivity contribution >= 4 is 0 Å². The summed E-state index contributed by atoms with van der Waals surface area (Å²) in [6, 6.07) is 9.29. The Balaban J connectivity index is 1.94. The van der Waals surface area contributed by atoms with Crippen molar-refractivity contribution in [2.75, 3.05) is 6.54 Å². The molecule has 2 rings (SSSR count). The second-order valence-corrected chi connectivity index (χ2v) is 4.88. The van der Waals surface area contributed by atoms with Gasteiger partial charge in [-0.1, -0.05) is 24.3 Å². The Labute approximate surface area is 121 Å². The molecule has 0 heterocycles. The monoisotopic (exact) mass is 295 g/mol. The Morgan fingerprint density at radius 1 is 1.10 bits per heavy atom. The molecular formula is C16H16F3NO. The summed E-state index contributed by atoms with van der Waals surface area (Å²) in [5, 5.41) is 13.0. The Morgan fingerprint density at radius 3 is 2.33 bits per heavy atom. The third-order valence-electron chi connectivity index (χ3n) is 3.26.